The molecule has 0 amide bonds. The molecule has 22 heavy (non-hydrogen) atoms. The minimum atomic E-state index is -0.492. The van der Waals surface area contributed by atoms with E-state index in [1.54, 1.807) is 0 Å². The summed E-state index contributed by atoms with van der Waals surface area (Å²) in [6.07, 6.45) is 0.777. The first-order valence-corrected chi connectivity index (χ1v) is 7.21. The Morgan fingerprint density at radius 3 is 2.50 bits per heavy atom. The molecule has 0 saturated carbocycles. The van der Waals surface area contributed by atoms with Crippen LogP contribution in [-0.2, 0) is 9.53 Å². The predicted octanol–water partition coefficient (Wildman–Crippen LogP) is 2.91. The normalized spacial score (nSPS) is 12.9. The van der Waals surface area contributed by atoms with E-state index >= 15 is 0 Å². The highest BCUT2D eigenvalue weighted by molar-refractivity contribution is 5.70. The zero-order valence-electron chi connectivity index (χ0n) is 13.1. The van der Waals surface area contributed by atoms with E-state index in [2.05, 4.69) is 10.2 Å². The number of anilines is 1. The molecule has 6 heteroatoms. The summed E-state index contributed by atoms with van der Waals surface area (Å²) in [5.74, 6) is -0.0216. The Morgan fingerprint density at radius 2 is 1.95 bits per heavy atom. The second kappa shape index (κ2) is 6.60. The lowest BCUT2D eigenvalue weighted by Crippen LogP contribution is -2.24. The van der Waals surface area contributed by atoms with Crippen LogP contribution in [0.2, 0.25) is 0 Å². The van der Waals surface area contributed by atoms with Crippen molar-refractivity contribution < 1.29 is 13.9 Å². The summed E-state index contributed by atoms with van der Waals surface area (Å²) in [6, 6.07) is 9.72. The molecular formula is C16H21N3O3. The Bertz CT molecular complexity index is 617. The van der Waals surface area contributed by atoms with Crippen LogP contribution in [0, 0.1) is 0 Å². The monoisotopic (exact) mass is 303 g/mol. The average Bonchev–Trinajstić information content (AvgIpc) is 2.85. The fourth-order valence-corrected chi connectivity index (χ4v) is 2.16. The number of nitrogens with two attached hydrogens (primary N) is 1. The third-order valence-electron chi connectivity index (χ3n) is 3.01. The molecule has 0 aliphatic heterocycles. The minimum absolute atomic E-state index is 0.0215. The van der Waals surface area contributed by atoms with Gasteiger partial charge in [-0.05, 0) is 32.8 Å². The smallest absolute Gasteiger partial charge is 0.312 e. The fraction of sp³-hybridized carbons (Fsp3) is 0.438. The van der Waals surface area contributed by atoms with Crippen molar-refractivity contribution in [3.63, 3.8) is 0 Å². The van der Waals surface area contributed by atoms with E-state index in [0.29, 0.717) is 12.3 Å². The molecule has 0 bridgehead atoms. The number of nitrogen functional groups attached to an aromatic ring is 1. The quantitative estimate of drug-likeness (QED) is 0.854. The molecule has 1 aromatic heterocycles. The molecule has 118 valence electrons. The van der Waals surface area contributed by atoms with Gasteiger partial charge in [0.15, 0.2) is 0 Å². The third kappa shape index (κ3) is 4.58. The van der Waals surface area contributed by atoms with Gasteiger partial charge in [-0.1, -0.05) is 35.4 Å². The van der Waals surface area contributed by atoms with Gasteiger partial charge in [0.2, 0.25) is 5.89 Å². The number of nitrogens with zero attached hydrogens (tertiary/aromatic N) is 2. The van der Waals surface area contributed by atoms with Gasteiger partial charge in [-0.2, -0.15) is 0 Å². The Kier molecular flexibility index (Phi) is 4.80. The van der Waals surface area contributed by atoms with Crippen LogP contribution in [0.15, 0.2) is 34.7 Å². The van der Waals surface area contributed by atoms with Gasteiger partial charge in [-0.15, -0.1) is 5.10 Å². The molecule has 2 aromatic rings. The molecule has 0 radical (unpaired) electrons. The molecule has 2 rings (SSSR count). The van der Waals surface area contributed by atoms with E-state index in [-0.39, 0.29) is 24.3 Å². The van der Waals surface area contributed by atoms with Crippen molar-refractivity contribution >= 4 is 12.0 Å². The van der Waals surface area contributed by atoms with E-state index < -0.39 is 5.60 Å². The molecule has 1 heterocycles. The number of aromatic nitrogens is 2. The van der Waals surface area contributed by atoms with Gasteiger partial charge in [-0.25, -0.2) is 0 Å². The number of carbonyl (C=O) groups excluding carboxylic acids is 1. The SMILES string of the molecule is CC(C)(C)OC(=O)CCC(c1ccccc1)c1nnc(N)o1. The lowest BCUT2D eigenvalue weighted by atomic mass is 9.94. The number of esters is 1. The van der Waals surface area contributed by atoms with Gasteiger partial charge in [-0.3, -0.25) is 4.79 Å². The van der Waals surface area contributed by atoms with Crippen LogP contribution in [-0.4, -0.2) is 21.8 Å². The summed E-state index contributed by atoms with van der Waals surface area (Å²) in [6.45, 7) is 5.54. The van der Waals surface area contributed by atoms with Crippen LogP contribution < -0.4 is 5.73 Å². The van der Waals surface area contributed by atoms with Crippen molar-refractivity contribution in [3.05, 3.63) is 41.8 Å². The highest BCUT2D eigenvalue weighted by Gasteiger charge is 2.23. The Morgan fingerprint density at radius 1 is 1.27 bits per heavy atom. The van der Waals surface area contributed by atoms with E-state index in [9.17, 15) is 4.79 Å². The number of hydrogen-bond donors (Lipinski definition) is 1. The molecule has 1 atom stereocenters. The van der Waals surface area contributed by atoms with Gasteiger partial charge in [0.25, 0.3) is 0 Å². The fourth-order valence-electron chi connectivity index (χ4n) is 2.16. The minimum Gasteiger partial charge on any atom is -0.460 e. The van der Waals surface area contributed by atoms with Crippen LogP contribution >= 0.6 is 0 Å². The number of ether oxygens (including phenoxy) is 1. The topological polar surface area (TPSA) is 91.2 Å². The van der Waals surface area contributed by atoms with E-state index in [1.807, 2.05) is 51.1 Å². The zero-order valence-corrected chi connectivity index (χ0v) is 13.1. The van der Waals surface area contributed by atoms with Crippen molar-refractivity contribution in [2.24, 2.45) is 0 Å². The van der Waals surface area contributed by atoms with Crippen LogP contribution in [0.1, 0.15) is 51.0 Å². The lowest BCUT2D eigenvalue weighted by molar-refractivity contribution is -0.154. The van der Waals surface area contributed by atoms with Crippen LogP contribution in [0.5, 0.6) is 0 Å². The Balaban J connectivity index is 2.11. The summed E-state index contributed by atoms with van der Waals surface area (Å²) < 4.78 is 10.7. The van der Waals surface area contributed by atoms with Crippen molar-refractivity contribution in [2.75, 3.05) is 5.73 Å². The largest absolute Gasteiger partial charge is 0.460 e. The summed E-state index contributed by atoms with van der Waals surface area (Å²) in [5.41, 5.74) is 6.01. The Labute approximate surface area is 129 Å². The van der Waals surface area contributed by atoms with Gasteiger partial charge in [0.1, 0.15) is 5.60 Å². The first-order chi connectivity index (χ1) is 10.3. The molecule has 0 spiro atoms. The molecule has 6 nitrogen and oxygen atoms in total. The van der Waals surface area contributed by atoms with Gasteiger partial charge < -0.3 is 14.9 Å². The molecular weight excluding hydrogens is 282 g/mol. The van der Waals surface area contributed by atoms with Gasteiger partial charge >= 0.3 is 12.0 Å². The highest BCUT2D eigenvalue weighted by Crippen LogP contribution is 2.29. The van der Waals surface area contributed by atoms with Gasteiger partial charge in [0.05, 0.1) is 5.92 Å². The van der Waals surface area contributed by atoms with Crippen molar-refractivity contribution in [1.82, 2.24) is 10.2 Å². The zero-order chi connectivity index (χ0) is 16.2. The summed E-state index contributed by atoms with van der Waals surface area (Å²) in [4.78, 5) is 11.9. The summed E-state index contributed by atoms with van der Waals surface area (Å²) in [5, 5.41) is 7.65. The second-order valence-corrected chi connectivity index (χ2v) is 6.07. The molecule has 0 fully saturated rings. The first-order valence-electron chi connectivity index (χ1n) is 7.21. The maximum Gasteiger partial charge on any atom is 0.312 e. The summed E-state index contributed by atoms with van der Waals surface area (Å²) in [7, 11) is 0. The predicted molar refractivity (Wildman–Crippen MR) is 82.1 cm³/mol. The van der Waals surface area contributed by atoms with Crippen molar-refractivity contribution in [2.45, 2.75) is 45.1 Å². The number of rotatable bonds is 5. The number of carbonyl (C=O) groups is 1. The van der Waals surface area contributed by atoms with E-state index in [1.165, 1.54) is 0 Å². The van der Waals surface area contributed by atoms with E-state index in [0.717, 1.165) is 5.56 Å². The standard InChI is InChI=1S/C16H21N3O3/c1-16(2,3)22-13(20)10-9-12(11-7-5-4-6-8-11)14-18-19-15(17)21-14/h4-8,12H,9-10H2,1-3H3,(H2,17,19). The molecule has 0 aliphatic carbocycles. The number of hydrogen-bond acceptors (Lipinski definition) is 6. The third-order valence-corrected chi connectivity index (χ3v) is 3.01. The second-order valence-electron chi connectivity index (χ2n) is 6.07. The average molecular weight is 303 g/mol. The van der Waals surface area contributed by atoms with Crippen LogP contribution in [0.4, 0.5) is 6.01 Å². The highest BCUT2D eigenvalue weighted by atomic mass is 16.6. The molecule has 0 saturated heterocycles. The maximum atomic E-state index is 11.9. The van der Waals surface area contributed by atoms with Crippen molar-refractivity contribution in [3.8, 4) is 0 Å². The lowest BCUT2D eigenvalue weighted by Gasteiger charge is -2.20. The molecule has 1 aromatic carbocycles. The first kappa shape index (κ1) is 16.0. The van der Waals surface area contributed by atoms with Crippen molar-refractivity contribution in [1.29, 1.82) is 0 Å². The maximum absolute atomic E-state index is 11.9. The molecule has 1 unspecified atom stereocenters. The van der Waals surface area contributed by atoms with Crippen LogP contribution in [0.3, 0.4) is 0 Å². The van der Waals surface area contributed by atoms with E-state index in [4.69, 9.17) is 14.9 Å². The molecule has 2 N–H and O–H groups in total. The number of benzene rings is 1. The Hall–Kier alpha value is -2.37. The molecule has 0 aliphatic rings. The van der Waals surface area contributed by atoms with Gasteiger partial charge in [0, 0.05) is 6.42 Å². The summed E-state index contributed by atoms with van der Waals surface area (Å²) >= 11 is 0. The van der Waals surface area contributed by atoms with Crippen LogP contribution in [0.25, 0.3) is 0 Å².